The van der Waals surface area contributed by atoms with Crippen molar-refractivity contribution in [2.24, 2.45) is 0 Å². The normalized spacial score (nSPS) is 14.2. The summed E-state index contributed by atoms with van der Waals surface area (Å²) < 4.78 is 26.5. The first-order valence-electron chi connectivity index (χ1n) is 8.86. The molecule has 4 rings (SSSR count). The van der Waals surface area contributed by atoms with Crippen LogP contribution in [0, 0.1) is 23.0 Å². The monoisotopic (exact) mass is 378 g/mol. The van der Waals surface area contributed by atoms with E-state index in [1.165, 1.54) is 6.07 Å². The van der Waals surface area contributed by atoms with E-state index in [9.17, 15) is 18.8 Å². The van der Waals surface area contributed by atoms with Gasteiger partial charge in [0, 0.05) is 42.8 Å². The molecule has 5 nitrogen and oxygen atoms in total. The Hall–Kier alpha value is -3.53. The standard InChI is InChI=1S/C21H16F2N4O/c22-17-6-5-14(11-18(17)23)21(28)27-9-7-26(8-10-27)20-12-15(13-24)25-19-4-2-1-3-16(19)20/h1-6,11-12H,7-10H2. The van der Waals surface area contributed by atoms with E-state index >= 15 is 0 Å². The Balaban J connectivity index is 1.55. The van der Waals surface area contributed by atoms with Crippen LogP contribution in [-0.4, -0.2) is 42.0 Å². The highest BCUT2D eigenvalue weighted by Gasteiger charge is 2.24. The van der Waals surface area contributed by atoms with Gasteiger partial charge in [-0.2, -0.15) is 5.26 Å². The van der Waals surface area contributed by atoms with Crippen LogP contribution in [0.5, 0.6) is 0 Å². The van der Waals surface area contributed by atoms with E-state index in [1.807, 2.05) is 24.3 Å². The SMILES string of the molecule is N#Cc1cc(N2CCN(C(=O)c3ccc(F)c(F)c3)CC2)c2ccccc2n1. The van der Waals surface area contributed by atoms with Crippen molar-refractivity contribution in [2.75, 3.05) is 31.1 Å². The van der Waals surface area contributed by atoms with Gasteiger partial charge in [0.15, 0.2) is 11.6 Å². The molecule has 7 heteroatoms. The van der Waals surface area contributed by atoms with Crippen molar-refractivity contribution in [1.82, 2.24) is 9.88 Å². The molecule has 1 amide bonds. The zero-order valence-electron chi connectivity index (χ0n) is 14.9. The van der Waals surface area contributed by atoms with Gasteiger partial charge in [0.25, 0.3) is 5.91 Å². The number of rotatable bonds is 2. The predicted molar refractivity (Wildman–Crippen MR) is 101 cm³/mol. The van der Waals surface area contributed by atoms with Crippen LogP contribution in [-0.2, 0) is 0 Å². The van der Waals surface area contributed by atoms with Crippen LogP contribution in [0.3, 0.4) is 0 Å². The Bertz CT molecular complexity index is 1100. The number of aromatic nitrogens is 1. The summed E-state index contributed by atoms with van der Waals surface area (Å²) in [4.78, 5) is 20.6. The predicted octanol–water partition coefficient (Wildman–Crippen LogP) is 3.35. The van der Waals surface area contributed by atoms with Crippen LogP contribution >= 0.6 is 0 Å². The fourth-order valence-corrected chi connectivity index (χ4v) is 3.44. The van der Waals surface area contributed by atoms with Crippen molar-refractivity contribution >= 4 is 22.5 Å². The highest BCUT2D eigenvalue weighted by Crippen LogP contribution is 2.28. The summed E-state index contributed by atoms with van der Waals surface area (Å²) in [5.41, 5.74) is 2.13. The number of amides is 1. The Labute approximate surface area is 160 Å². The van der Waals surface area contributed by atoms with Crippen LogP contribution in [0.1, 0.15) is 16.1 Å². The summed E-state index contributed by atoms with van der Waals surface area (Å²) in [6.07, 6.45) is 0. The van der Waals surface area contributed by atoms with E-state index in [2.05, 4.69) is 16.0 Å². The van der Waals surface area contributed by atoms with Crippen molar-refractivity contribution < 1.29 is 13.6 Å². The fraction of sp³-hybridized carbons (Fsp3) is 0.190. The van der Waals surface area contributed by atoms with Crippen LogP contribution in [0.2, 0.25) is 0 Å². The lowest BCUT2D eigenvalue weighted by Gasteiger charge is -2.36. The summed E-state index contributed by atoms with van der Waals surface area (Å²) in [7, 11) is 0. The third-order valence-corrected chi connectivity index (χ3v) is 4.88. The van der Waals surface area contributed by atoms with Gasteiger partial charge in [-0.15, -0.1) is 0 Å². The van der Waals surface area contributed by atoms with E-state index in [4.69, 9.17) is 0 Å². The number of carbonyl (C=O) groups excluding carboxylic acids is 1. The number of nitrogens with zero attached hydrogens (tertiary/aromatic N) is 4. The minimum Gasteiger partial charge on any atom is -0.367 e. The Kier molecular flexibility index (Phi) is 4.62. The second-order valence-corrected chi connectivity index (χ2v) is 6.56. The minimum absolute atomic E-state index is 0.133. The quantitative estimate of drug-likeness (QED) is 0.686. The lowest BCUT2D eigenvalue weighted by Crippen LogP contribution is -2.48. The number of pyridine rings is 1. The van der Waals surface area contributed by atoms with Crippen molar-refractivity contribution in [3.8, 4) is 6.07 Å². The average Bonchev–Trinajstić information content (AvgIpc) is 2.74. The number of piperazine rings is 1. The lowest BCUT2D eigenvalue weighted by atomic mass is 10.1. The maximum absolute atomic E-state index is 13.4. The van der Waals surface area contributed by atoms with Crippen LogP contribution in [0.15, 0.2) is 48.5 Å². The number of anilines is 1. The summed E-state index contributed by atoms with van der Waals surface area (Å²) in [5, 5.41) is 10.2. The molecule has 0 N–H and O–H groups in total. The molecule has 1 aromatic heterocycles. The molecule has 28 heavy (non-hydrogen) atoms. The first kappa shape index (κ1) is 17.9. The molecule has 0 spiro atoms. The molecule has 0 bridgehead atoms. The fourth-order valence-electron chi connectivity index (χ4n) is 3.44. The third-order valence-electron chi connectivity index (χ3n) is 4.88. The molecule has 1 aliphatic rings. The smallest absolute Gasteiger partial charge is 0.254 e. The molecule has 0 radical (unpaired) electrons. The van der Waals surface area contributed by atoms with Gasteiger partial charge in [-0.3, -0.25) is 4.79 Å². The van der Waals surface area contributed by atoms with Crippen LogP contribution < -0.4 is 4.90 Å². The molecule has 2 aromatic carbocycles. The number of nitriles is 1. The van der Waals surface area contributed by atoms with Crippen molar-refractivity contribution in [1.29, 1.82) is 5.26 Å². The maximum atomic E-state index is 13.4. The molecule has 0 unspecified atom stereocenters. The number of carbonyl (C=O) groups is 1. The molecule has 2 heterocycles. The Morgan fingerprint density at radius 3 is 2.46 bits per heavy atom. The number of halogens is 2. The van der Waals surface area contributed by atoms with Crippen LogP contribution in [0.25, 0.3) is 10.9 Å². The number of benzene rings is 2. The summed E-state index contributed by atoms with van der Waals surface area (Å²) >= 11 is 0. The lowest BCUT2D eigenvalue weighted by molar-refractivity contribution is 0.0746. The van der Waals surface area contributed by atoms with Gasteiger partial charge in [0.1, 0.15) is 11.8 Å². The Morgan fingerprint density at radius 2 is 1.75 bits per heavy atom. The number of hydrogen-bond acceptors (Lipinski definition) is 4. The highest BCUT2D eigenvalue weighted by molar-refractivity contribution is 5.95. The Morgan fingerprint density at radius 1 is 1.00 bits per heavy atom. The first-order valence-corrected chi connectivity index (χ1v) is 8.86. The van der Waals surface area contributed by atoms with E-state index in [-0.39, 0.29) is 11.5 Å². The molecular formula is C21H16F2N4O. The van der Waals surface area contributed by atoms with Gasteiger partial charge >= 0.3 is 0 Å². The summed E-state index contributed by atoms with van der Waals surface area (Å²) in [5.74, 6) is -2.33. The molecule has 0 saturated carbocycles. The van der Waals surface area contributed by atoms with E-state index in [0.29, 0.717) is 31.9 Å². The molecular weight excluding hydrogens is 362 g/mol. The highest BCUT2D eigenvalue weighted by atomic mass is 19.2. The minimum atomic E-state index is -1.03. The summed E-state index contributed by atoms with van der Waals surface area (Å²) in [6.45, 7) is 2.01. The third kappa shape index (κ3) is 3.25. The van der Waals surface area contributed by atoms with E-state index in [1.54, 1.807) is 11.0 Å². The molecule has 1 fully saturated rings. The van der Waals surface area contributed by atoms with Gasteiger partial charge in [-0.25, -0.2) is 13.8 Å². The average molecular weight is 378 g/mol. The molecule has 140 valence electrons. The van der Waals surface area contributed by atoms with Gasteiger partial charge in [0.2, 0.25) is 0 Å². The van der Waals surface area contributed by atoms with Crippen LogP contribution in [0.4, 0.5) is 14.5 Å². The van der Waals surface area contributed by atoms with Gasteiger partial charge in [0.05, 0.1) is 5.52 Å². The zero-order valence-corrected chi connectivity index (χ0v) is 14.9. The van der Waals surface area contributed by atoms with Crippen molar-refractivity contribution in [3.05, 3.63) is 71.4 Å². The van der Waals surface area contributed by atoms with Crippen molar-refractivity contribution in [2.45, 2.75) is 0 Å². The maximum Gasteiger partial charge on any atom is 0.254 e. The van der Waals surface area contributed by atoms with Gasteiger partial charge < -0.3 is 9.80 Å². The molecule has 3 aromatic rings. The topological polar surface area (TPSA) is 60.2 Å². The molecule has 1 saturated heterocycles. The van der Waals surface area contributed by atoms with Gasteiger partial charge in [-0.1, -0.05) is 18.2 Å². The molecule has 1 aliphatic heterocycles. The van der Waals surface area contributed by atoms with E-state index in [0.717, 1.165) is 28.7 Å². The first-order chi connectivity index (χ1) is 13.6. The molecule has 0 atom stereocenters. The van der Waals surface area contributed by atoms with E-state index < -0.39 is 11.6 Å². The number of fused-ring (bicyclic) bond motifs is 1. The second kappa shape index (κ2) is 7.24. The van der Waals surface area contributed by atoms with Crippen molar-refractivity contribution in [3.63, 3.8) is 0 Å². The molecule has 0 aliphatic carbocycles. The zero-order chi connectivity index (χ0) is 19.7. The number of para-hydroxylation sites is 1. The largest absolute Gasteiger partial charge is 0.367 e. The van der Waals surface area contributed by atoms with Gasteiger partial charge in [-0.05, 0) is 30.3 Å². The number of hydrogen-bond donors (Lipinski definition) is 0. The second-order valence-electron chi connectivity index (χ2n) is 6.56. The summed E-state index contributed by atoms with van der Waals surface area (Å²) in [6, 6.07) is 14.6.